The van der Waals surface area contributed by atoms with E-state index >= 15 is 0 Å². The molecule has 136 valence electrons. The van der Waals surface area contributed by atoms with Gasteiger partial charge in [-0.1, -0.05) is 32.0 Å². The molecule has 0 aliphatic carbocycles. The number of hydrogen-bond acceptors (Lipinski definition) is 2. The highest BCUT2D eigenvalue weighted by molar-refractivity contribution is 5.99. The number of carbonyl (C=O) groups excluding carboxylic acids is 2. The lowest BCUT2D eigenvalue weighted by molar-refractivity contribution is -0.135. The Morgan fingerprint density at radius 1 is 1.08 bits per heavy atom. The summed E-state index contributed by atoms with van der Waals surface area (Å²) in [6.07, 6.45) is 0.801. The molecule has 2 N–H and O–H groups in total. The van der Waals surface area contributed by atoms with Crippen molar-refractivity contribution in [1.82, 2.24) is 4.90 Å². The zero-order valence-electron chi connectivity index (χ0n) is 14.9. The molecule has 0 spiro atoms. The van der Waals surface area contributed by atoms with Crippen LogP contribution in [0.5, 0.6) is 0 Å². The van der Waals surface area contributed by atoms with E-state index in [0.29, 0.717) is 18.8 Å². The van der Waals surface area contributed by atoms with E-state index in [0.717, 1.165) is 12.0 Å². The van der Waals surface area contributed by atoms with Crippen LogP contribution in [0.1, 0.15) is 25.0 Å². The van der Waals surface area contributed by atoms with Crippen molar-refractivity contribution >= 4 is 23.3 Å². The zero-order chi connectivity index (χ0) is 18.7. The van der Waals surface area contributed by atoms with E-state index in [1.54, 1.807) is 12.1 Å². The molecular weight excluding hydrogens is 333 g/mol. The molecule has 0 bridgehead atoms. The lowest BCUT2D eigenvalue weighted by Gasteiger charge is -2.30. The largest absolute Gasteiger partial charge is 0.338 e. The lowest BCUT2D eigenvalue weighted by atomic mass is 9.98. The lowest BCUT2D eigenvalue weighted by Crippen LogP contribution is -2.38. The second-order valence-electron chi connectivity index (χ2n) is 6.71. The number of amides is 3. The summed E-state index contributed by atoms with van der Waals surface area (Å²) < 4.78 is 13.6. The van der Waals surface area contributed by atoms with E-state index in [4.69, 9.17) is 0 Å². The fourth-order valence-electron chi connectivity index (χ4n) is 3.04. The number of anilines is 2. The summed E-state index contributed by atoms with van der Waals surface area (Å²) >= 11 is 0. The third-order valence-corrected chi connectivity index (χ3v) is 4.40. The number of para-hydroxylation sites is 1. The van der Waals surface area contributed by atoms with Gasteiger partial charge in [-0.3, -0.25) is 4.79 Å². The van der Waals surface area contributed by atoms with Gasteiger partial charge in [0.05, 0.1) is 5.69 Å². The zero-order valence-corrected chi connectivity index (χ0v) is 14.9. The molecule has 2 aromatic carbocycles. The summed E-state index contributed by atoms with van der Waals surface area (Å²) in [5.41, 5.74) is 2.93. The van der Waals surface area contributed by atoms with Crippen LogP contribution in [0.3, 0.4) is 0 Å². The highest BCUT2D eigenvalue weighted by Gasteiger charge is 2.22. The average Bonchev–Trinajstić information content (AvgIpc) is 2.62. The normalized spacial score (nSPS) is 13.3. The van der Waals surface area contributed by atoms with E-state index in [-0.39, 0.29) is 17.5 Å². The van der Waals surface area contributed by atoms with Gasteiger partial charge in [-0.2, -0.15) is 0 Å². The van der Waals surface area contributed by atoms with E-state index in [2.05, 4.69) is 10.6 Å². The number of carbonyl (C=O) groups is 2. The Kier molecular flexibility index (Phi) is 5.21. The van der Waals surface area contributed by atoms with Crippen molar-refractivity contribution in [2.75, 3.05) is 17.2 Å². The van der Waals surface area contributed by atoms with Crippen LogP contribution >= 0.6 is 0 Å². The third kappa shape index (κ3) is 4.02. The number of rotatable bonds is 3. The van der Waals surface area contributed by atoms with Crippen molar-refractivity contribution in [3.63, 3.8) is 0 Å². The van der Waals surface area contributed by atoms with Crippen LogP contribution in [0.15, 0.2) is 42.5 Å². The van der Waals surface area contributed by atoms with Crippen molar-refractivity contribution in [2.24, 2.45) is 5.92 Å². The molecular formula is C20H22FN3O2. The molecule has 0 unspecified atom stereocenters. The Morgan fingerprint density at radius 2 is 1.85 bits per heavy atom. The summed E-state index contributed by atoms with van der Waals surface area (Å²) in [6.45, 7) is 5.03. The van der Waals surface area contributed by atoms with E-state index in [1.807, 2.05) is 36.9 Å². The van der Waals surface area contributed by atoms with E-state index in [1.165, 1.54) is 17.7 Å². The first-order valence-corrected chi connectivity index (χ1v) is 8.67. The summed E-state index contributed by atoms with van der Waals surface area (Å²) in [6, 6.07) is 11.1. The third-order valence-electron chi connectivity index (χ3n) is 4.40. The fourth-order valence-corrected chi connectivity index (χ4v) is 3.04. The molecule has 1 aliphatic rings. The van der Waals surface area contributed by atoms with Crippen LogP contribution in [0.25, 0.3) is 0 Å². The molecule has 2 aromatic rings. The van der Waals surface area contributed by atoms with Crippen LogP contribution in [0.4, 0.5) is 20.6 Å². The van der Waals surface area contributed by atoms with Crippen LogP contribution in [0, 0.1) is 11.7 Å². The van der Waals surface area contributed by atoms with Crippen LogP contribution in [0.2, 0.25) is 0 Å². The maximum Gasteiger partial charge on any atom is 0.323 e. The second-order valence-corrected chi connectivity index (χ2v) is 6.71. The van der Waals surface area contributed by atoms with Gasteiger partial charge in [0.25, 0.3) is 0 Å². The minimum absolute atomic E-state index is 0.0376. The Balaban J connectivity index is 1.69. The summed E-state index contributed by atoms with van der Waals surface area (Å²) in [5.74, 6) is -0.397. The molecule has 1 heterocycles. The number of nitrogens with zero attached hydrogens (tertiary/aromatic N) is 1. The van der Waals surface area contributed by atoms with Crippen LogP contribution in [-0.2, 0) is 17.8 Å². The molecule has 3 rings (SSSR count). The molecule has 26 heavy (non-hydrogen) atoms. The summed E-state index contributed by atoms with van der Waals surface area (Å²) in [4.78, 5) is 26.2. The second kappa shape index (κ2) is 7.56. The first kappa shape index (κ1) is 17.9. The van der Waals surface area contributed by atoms with E-state index in [9.17, 15) is 14.0 Å². The van der Waals surface area contributed by atoms with Gasteiger partial charge in [0, 0.05) is 24.7 Å². The monoisotopic (exact) mass is 355 g/mol. The molecule has 0 fully saturated rings. The predicted molar refractivity (Wildman–Crippen MR) is 99.4 cm³/mol. The summed E-state index contributed by atoms with van der Waals surface area (Å²) in [7, 11) is 0. The molecule has 0 saturated heterocycles. The molecule has 0 aromatic heterocycles. The van der Waals surface area contributed by atoms with Gasteiger partial charge in [-0.05, 0) is 41.8 Å². The quantitative estimate of drug-likeness (QED) is 0.874. The van der Waals surface area contributed by atoms with Crippen molar-refractivity contribution in [2.45, 2.75) is 26.8 Å². The van der Waals surface area contributed by atoms with Crippen molar-refractivity contribution in [1.29, 1.82) is 0 Å². The molecule has 0 atom stereocenters. The Hall–Kier alpha value is -2.89. The van der Waals surface area contributed by atoms with Gasteiger partial charge in [0.2, 0.25) is 5.91 Å². The van der Waals surface area contributed by atoms with Gasteiger partial charge in [0.1, 0.15) is 5.82 Å². The van der Waals surface area contributed by atoms with Gasteiger partial charge in [-0.15, -0.1) is 0 Å². The molecule has 0 saturated carbocycles. The Morgan fingerprint density at radius 3 is 2.58 bits per heavy atom. The topological polar surface area (TPSA) is 61.4 Å². The number of benzene rings is 2. The first-order valence-electron chi connectivity index (χ1n) is 8.67. The Labute approximate surface area is 152 Å². The van der Waals surface area contributed by atoms with Crippen molar-refractivity contribution in [3.05, 3.63) is 59.4 Å². The number of fused-ring (bicyclic) bond motifs is 1. The minimum Gasteiger partial charge on any atom is -0.338 e. The summed E-state index contributed by atoms with van der Waals surface area (Å²) in [5, 5.41) is 5.21. The van der Waals surface area contributed by atoms with Crippen molar-refractivity contribution in [3.8, 4) is 0 Å². The highest BCUT2D eigenvalue weighted by atomic mass is 19.1. The molecule has 5 nitrogen and oxygen atoms in total. The smallest absolute Gasteiger partial charge is 0.323 e. The predicted octanol–water partition coefficient (Wildman–Crippen LogP) is 4.01. The number of nitrogens with one attached hydrogen (secondary N) is 2. The molecule has 3 amide bonds. The Bertz CT molecular complexity index is 836. The van der Waals surface area contributed by atoms with Gasteiger partial charge in [-0.25, -0.2) is 9.18 Å². The SMILES string of the molecule is CC(C)C(=O)N1CCc2ccc(NC(=O)Nc3ccccc3F)cc2C1. The van der Waals surface area contributed by atoms with Crippen LogP contribution < -0.4 is 10.6 Å². The first-order chi connectivity index (χ1) is 12.4. The number of halogens is 1. The van der Waals surface area contributed by atoms with Crippen molar-refractivity contribution < 1.29 is 14.0 Å². The number of hydrogen-bond donors (Lipinski definition) is 2. The maximum atomic E-state index is 13.6. The van der Waals surface area contributed by atoms with Crippen LogP contribution in [-0.4, -0.2) is 23.4 Å². The van der Waals surface area contributed by atoms with Gasteiger partial charge in [0.15, 0.2) is 0 Å². The van der Waals surface area contributed by atoms with Gasteiger partial charge >= 0.3 is 6.03 Å². The minimum atomic E-state index is -0.513. The number of urea groups is 1. The van der Waals surface area contributed by atoms with Gasteiger partial charge < -0.3 is 15.5 Å². The average molecular weight is 355 g/mol. The fraction of sp³-hybridized carbons (Fsp3) is 0.300. The standard InChI is InChI=1S/C20H22FN3O2/c1-13(2)19(25)24-10-9-14-7-8-16(11-15(14)12-24)22-20(26)23-18-6-4-3-5-17(18)21/h3-8,11,13H,9-10,12H2,1-2H3,(H2,22,23,26). The molecule has 1 aliphatic heterocycles. The molecule has 6 heteroatoms. The van der Waals surface area contributed by atoms with E-state index < -0.39 is 11.8 Å². The molecule has 0 radical (unpaired) electrons. The maximum absolute atomic E-state index is 13.6. The highest BCUT2D eigenvalue weighted by Crippen LogP contribution is 2.24.